The van der Waals surface area contributed by atoms with Crippen LogP contribution in [0.3, 0.4) is 0 Å². The Morgan fingerprint density at radius 3 is 2.67 bits per heavy atom. The van der Waals surface area contributed by atoms with Crippen molar-refractivity contribution in [2.75, 3.05) is 11.9 Å². The lowest BCUT2D eigenvalue weighted by Gasteiger charge is -2.15. The van der Waals surface area contributed by atoms with Gasteiger partial charge in [0.05, 0.1) is 10.2 Å². The zero-order chi connectivity index (χ0) is 15.4. The summed E-state index contributed by atoms with van der Waals surface area (Å²) in [5.74, 6) is 1.83. The van der Waals surface area contributed by atoms with Crippen LogP contribution in [-0.2, 0) is 0 Å². The van der Waals surface area contributed by atoms with Crippen LogP contribution in [0.1, 0.15) is 44.4 Å². The number of nitrogens with one attached hydrogen (secondary N) is 1. The lowest BCUT2D eigenvalue weighted by molar-refractivity contribution is 0.807. The fourth-order valence-corrected chi connectivity index (χ4v) is 2.81. The molecule has 112 valence electrons. The third-order valence-corrected chi connectivity index (χ3v) is 3.97. The summed E-state index contributed by atoms with van der Waals surface area (Å²) in [5, 5.41) is 3.36. The van der Waals surface area contributed by atoms with E-state index in [0.717, 1.165) is 40.2 Å². The van der Waals surface area contributed by atoms with E-state index in [2.05, 4.69) is 52.0 Å². The molecule has 2 heterocycles. The summed E-state index contributed by atoms with van der Waals surface area (Å²) in [6.07, 6.45) is 2.83. The highest BCUT2D eigenvalue weighted by Gasteiger charge is 2.17. The van der Waals surface area contributed by atoms with E-state index in [1.54, 1.807) is 6.20 Å². The van der Waals surface area contributed by atoms with Gasteiger partial charge in [-0.3, -0.25) is 4.98 Å². The van der Waals surface area contributed by atoms with Crippen molar-refractivity contribution >= 4 is 21.7 Å². The molecular weight excluding hydrogens is 328 g/mol. The molecule has 0 aliphatic rings. The predicted octanol–water partition coefficient (Wildman–Crippen LogP) is 4.55. The summed E-state index contributed by atoms with van der Waals surface area (Å²) < 4.78 is 0.947. The fourth-order valence-electron chi connectivity index (χ4n) is 2.03. The van der Waals surface area contributed by atoms with Crippen LogP contribution in [0, 0.1) is 6.92 Å². The lowest BCUT2D eigenvalue weighted by atomic mass is 10.1. The molecule has 21 heavy (non-hydrogen) atoms. The molecule has 0 atom stereocenters. The van der Waals surface area contributed by atoms with Gasteiger partial charge in [0, 0.05) is 12.7 Å². The smallest absolute Gasteiger partial charge is 0.180 e. The van der Waals surface area contributed by atoms with Crippen LogP contribution >= 0.6 is 15.9 Å². The van der Waals surface area contributed by atoms with Crippen molar-refractivity contribution in [1.29, 1.82) is 0 Å². The molecule has 2 rings (SSSR count). The van der Waals surface area contributed by atoms with Gasteiger partial charge in [-0.1, -0.05) is 26.8 Å². The van der Waals surface area contributed by atoms with Gasteiger partial charge in [-0.15, -0.1) is 0 Å². The highest BCUT2D eigenvalue weighted by molar-refractivity contribution is 9.10. The van der Waals surface area contributed by atoms with Crippen molar-refractivity contribution in [1.82, 2.24) is 15.0 Å². The molecule has 5 heteroatoms. The lowest BCUT2D eigenvalue weighted by Crippen LogP contribution is -2.09. The number of hydrogen-bond donors (Lipinski definition) is 1. The normalized spacial score (nSPS) is 11.0. The topological polar surface area (TPSA) is 50.7 Å². The highest BCUT2D eigenvalue weighted by Crippen LogP contribution is 2.31. The van der Waals surface area contributed by atoms with E-state index in [1.165, 1.54) is 0 Å². The first-order valence-corrected chi connectivity index (χ1v) is 8.07. The molecule has 0 amide bonds. The molecule has 0 aliphatic carbocycles. The molecule has 1 N–H and O–H groups in total. The van der Waals surface area contributed by atoms with Crippen LogP contribution in [0.5, 0.6) is 0 Å². The maximum atomic E-state index is 4.71. The second-order valence-corrected chi connectivity index (χ2v) is 6.14. The Morgan fingerprint density at radius 2 is 2.05 bits per heavy atom. The average Bonchev–Trinajstić information content (AvgIpc) is 2.46. The molecule has 0 saturated heterocycles. The van der Waals surface area contributed by atoms with Crippen LogP contribution in [-0.4, -0.2) is 21.5 Å². The van der Waals surface area contributed by atoms with Crippen molar-refractivity contribution in [3.05, 3.63) is 34.1 Å². The van der Waals surface area contributed by atoms with E-state index in [0.29, 0.717) is 11.7 Å². The van der Waals surface area contributed by atoms with Crippen LogP contribution in [0.4, 0.5) is 5.82 Å². The molecular formula is C16H21BrN4. The van der Waals surface area contributed by atoms with Crippen molar-refractivity contribution in [2.45, 2.75) is 40.0 Å². The number of hydrogen-bond acceptors (Lipinski definition) is 4. The minimum atomic E-state index is 0.312. The van der Waals surface area contributed by atoms with Gasteiger partial charge in [-0.2, -0.15) is 0 Å². The van der Waals surface area contributed by atoms with Crippen molar-refractivity contribution in [2.24, 2.45) is 0 Å². The number of aromatic nitrogens is 3. The third-order valence-electron chi connectivity index (χ3n) is 3.19. The van der Waals surface area contributed by atoms with Gasteiger partial charge in [0.1, 0.15) is 11.5 Å². The number of nitrogens with zero attached hydrogens (tertiary/aromatic N) is 3. The van der Waals surface area contributed by atoms with Crippen LogP contribution in [0.25, 0.3) is 11.5 Å². The minimum Gasteiger partial charge on any atom is -0.369 e. The van der Waals surface area contributed by atoms with Gasteiger partial charge in [0.2, 0.25) is 0 Å². The quantitative estimate of drug-likeness (QED) is 0.860. The largest absolute Gasteiger partial charge is 0.369 e. The average molecular weight is 349 g/mol. The SMILES string of the molecule is CCCNc1nc(-c2ncccc2C)nc(C(C)C)c1Br. The number of rotatable bonds is 5. The zero-order valence-corrected chi connectivity index (χ0v) is 14.5. The molecule has 0 unspecified atom stereocenters. The Hall–Kier alpha value is -1.49. The van der Waals surface area contributed by atoms with Crippen molar-refractivity contribution < 1.29 is 0 Å². The molecule has 0 spiro atoms. The molecule has 0 aliphatic heterocycles. The molecule has 0 saturated carbocycles. The van der Waals surface area contributed by atoms with Crippen molar-refractivity contribution in [3.8, 4) is 11.5 Å². The van der Waals surface area contributed by atoms with E-state index in [1.807, 2.05) is 19.1 Å². The number of aryl methyl sites for hydroxylation is 1. The van der Waals surface area contributed by atoms with Gasteiger partial charge in [0.15, 0.2) is 5.82 Å². The Bertz CT molecular complexity index is 626. The Balaban J connectivity index is 2.56. The summed E-state index contributed by atoms with van der Waals surface area (Å²) >= 11 is 3.63. The molecule has 4 nitrogen and oxygen atoms in total. The summed E-state index contributed by atoms with van der Waals surface area (Å²) in [4.78, 5) is 13.8. The molecule has 0 bridgehead atoms. The molecule has 0 aromatic carbocycles. The second-order valence-electron chi connectivity index (χ2n) is 5.35. The van der Waals surface area contributed by atoms with Gasteiger partial charge in [-0.25, -0.2) is 9.97 Å². The molecule has 0 radical (unpaired) electrons. The monoisotopic (exact) mass is 348 g/mol. The van der Waals surface area contributed by atoms with Gasteiger partial charge in [0.25, 0.3) is 0 Å². The maximum Gasteiger partial charge on any atom is 0.180 e. The predicted molar refractivity (Wildman–Crippen MR) is 90.6 cm³/mol. The number of halogens is 1. The van der Waals surface area contributed by atoms with Crippen LogP contribution in [0.15, 0.2) is 22.8 Å². The Morgan fingerprint density at radius 1 is 1.29 bits per heavy atom. The second kappa shape index (κ2) is 6.98. The van der Waals surface area contributed by atoms with Crippen LogP contribution in [0.2, 0.25) is 0 Å². The van der Waals surface area contributed by atoms with E-state index in [9.17, 15) is 0 Å². The van der Waals surface area contributed by atoms with Crippen molar-refractivity contribution in [3.63, 3.8) is 0 Å². The Labute approximate surface area is 134 Å². The van der Waals surface area contributed by atoms with Crippen LogP contribution < -0.4 is 5.32 Å². The summed E-state index contributed by atoms with van der Waals surface area (Å²) in [5.41, 5.74) is 2.92. The summed E-state index contributed by atoms with van der Waals surface area (Å²) in [6, 6.07) is 3.96. The first-order valence-electron chi connectivity index (χ1n) is 7.27. The van der Waals surface area contributed by atoms with E-state index in [4.69, 9.17) is 4.98 Å². The number of pyridine rings is 1. The first kappa shape index (κ1) is 15.9. The zero-order valence-electron chi connectivity index (χ0n) is 12.9. The number of anilines is 1. The highest BCUT2D eigenvalue weighted by atomic mass is 79.9. The Kier molecular flexibility index (Phi) is 5.28. The van der Waals surface area contributed by atoms with E-state index < -0.39 is 0 Å². The third kappa shape index (κ3) is 3.59. The first-order chi connectivity index (χ1) is 10.0. The molecule has 2 aromatic heterocycles. The van der Waals surface area contributed by atoms with Gasteiger partial charge in [-0.05, 0) is 46.8 Å². The summed E-state index contributed by atoms with van der Waals surface area (Å²) in [6.45, 7) is 9.31. The standard InChI is InChI=1S/C16H21BrN4/c1-5-8-19-15-12(17)13(10(2)3)20-16(21-15)14-11(4)7-6-9-18-14/h6-7,9-10H,5,8H2,1-4H3,(H,19,20,21). The molecule has 0 fully saturated rings. The maximum absolute atomic E-state index is 4.71. The molecule has 2 aromatic rings. The van der Waals surface area contributed by atoms with Gasteiger partial charge >= 0.3 is 0 Å². The minimum absolute atomic E-state index is 0.312. The van der Waals surface area contributed by atoms with E-state index in [-0.39, 0.29) is 0 Å². The summed E-state index contributed by atoms with van der Waals surface area (Å²) in [7, 11) is 0. The van der Waals surface area contributed by atoms with E-state index >= 15 is 0 Å². The van der Waals surface area contributed by atoms with Gasteiger partial charge < -0.3 is 5.32 Å². The fraction of sp³-hybridized carbons (Fsp3) is 0.438.